The molecule has 1 heterocycles. The lowest BCUT2D eigenvalue weighted by molar-refractivity contribution is -0.314. The van der Waals surface area contributed by atoms with E-state index in [0.29, 0.717) is 30.2 Å². The fraction of sp³-hybridized carbons (Fsp3) is 0.500. The van der Waals surface area contributed by atoms with Crippen molar-refractivity contribution in [3.8, 4) is 5.75 Å². The van der Waals surface area contributed by atoms with Crippen LogP contribution in [0.3, 0.4) is 0 Å². The van der Waals surface area contributed by atoms with E-state index in [1.807, 2.05) is 0 Å². The van der Waals surface area contributed by atoms with Crippen LogP contribution in [-0.4, -0.2) is 29.8 Å². The normalized spacial score (nSPS) is 19.9. The van der Waals surface area contributed by atoms with Crippen LogP contribution >= 0.6 is 0 Å². The Morgan fingerprint density at radius 1 is 1.24 bits per heavy atom. The molecule has 3 rings (SSSR count). The Labute approximate surface area is 165 Å². The molecule has 6 nitrogen and oxygen atoms in total. The number of carboxylic acid groups (broad SMARTS) is 1. The number of amides is 1. The van der Waals surface area contributed by atoms with E-state index in [1.165, 1.54) is 18.2 Å². The average Bonchev–Trinajstić information content (AvgIpc) is 2.95. The van der Waals surface area contributed by atoms with Gasteiger partial charge in [-0.25, -0.2) is 0 Å². The molecule has 0 unspecified atom stereocenters. The molecular weight excluding hydrogens is 389 g/mol. The lowest BCUT2D eigenvalue weighted by Crippen LogP contribution is -2.44. The summed E-state index contributed by atoms with van der Waals surface area (Å²) in [5.74, 6) is -3.22. The second kappa shape index (κ2) is 8.34. The number of H-pyrrole nitrogens is 1. The van der Waals surface area contributed by atoms with Crippen LogP contribution in [0.25, 0.3) is 10.9 Å². The van der Waals surface area contributed by atoms with Crippen molar-refractivity contribution in [2.24, 2.45) is 11.8 Å². The summed E-state index contributed by atoms with van der Waals surface area (Å²) in [5, 5.41) is 14.6. The molecule has 2 N–H and O–H groups in total. The van der Waals surface area contributed by atoms with Gasteiger partial charge in [0.1, 0.15) is 5.75 Å². The molecule has 1 aromatic carbocycles. The second-order valence-corrected chi connectivity index (χ2v) is 7.34. The van der Waals surface area contributed by atoms with Gasteiger partial charge in [0.15, 0.2) is 0 Å². The summed E-state index contributed by atoms with van der Waals surface area (Å²) in [6.07, 6.45) is -1.89. The molecule has 1 aliphatic carbocycles. The van der Waals surface area contributed by atoms with Crippen molar-refractivity contribution >= 4 is 22.8 Å². The maximum absolute atomic E-state index is 12.5. The molecule has 0 saturated heterocycles. The van der Waals surface area contributed by atoms with E-state index in [4.69, 9.17) is 0 Å². The molecule has 1 fully saturated rings. The lowest BCUT2D eigenvalue weighted by Gasteiger charge is -2.31. The smallest absolute Gasteiger partial charge is 0.550 e. The Kier molecular flexibility index (Phi) is 6.04. The highest BCUT2D eigenvalue weighted by Crippen LogP contribution is 2.31. The number of alkyl halides is 3. The second-order valence-electron chi connectivity index (χ2n) is 7.34. The predicted molar refractivity (Wildman–Crippen MR) is 96.9 cm³/mol. The SMILES string of the molecule is Cc1[nH]c2ccc(OC(F)(F)F)cc2c1CCNC(=O)[C@H]1CCCC[C@H]1C(=O)[O-]. The van der Waals surface area contributed by atoms with Crippen molar-refractivity contribution < 1.29 is 32.6 Å². The van der Waals surface area contributed by atoms with Gasteiger partial charge in [0.2, 0.25) is 5.91 Å². The van der Waals surface area contributed by atoms with Gasteiger partial charge in [0.25, 0.3) is 0 Å². The number of carboxylic acids is 1. The monoisotopic (exact) mass is 411 g/mol. The third-order valence-corrected chi connectivity index (χ3v) is 5.40. The topological polar surface area (TPSA) is 94.2 Å². The van der Waals surface area contributed by atoms with Crippen LogP contribution in [-0.2, 0) is 16.0 Å². The summed E-state index contributed by atoms with van der Waals surface area (Å²) in [5.41, 5.74) is 2.22. The van der Waals surface area contributed by atoms with E-state index in [2.05, 4.69) is 15.0 Å². The largest absolute Gasteiger partial charge is 0.573 e. The van der Waals surface area contributed by atoms with Gasteiger partial charge in [-0.3, -0.25) is 4.79 Å². The first kappa shape index (κ1) is 21.0. The number of aromatic amines is 1. The zero-order valence-electron chi connectivity index (χ0n) is 15.9. The van der Waals surface area contributed by atoms with Crippen molar-refractivity contribution in [2.75, 3.05) is 6.54 Å². The quantitative estimate of drug-likeness (QED) is 0.764. The van der Waals surface area contributed by atoms with Crippen LogP contribution in [0.15, 0.2) is 18.2 Å². The minimum Gasteiger partial charge on any atom is -0.550 e. The molecule has 0 bridgehead atoms. The molecule has 29 heavy (non-hydrogen) atoms. The van der Waals surface area contributed by atoms with E-state index in [0.717, 1.165) is 24.1 Å². The van der Waals surface area contributed by atoms with Crippen LogP contribution in [0.2, 0.25) is 0 Å². The Balaban J connectivity index is 1.68. The fourth-order valence-electron chi connectivity index (χ4n) is 4.05. The number of carbonyl (C=O) groups excluding carboxylic acids is 2. The molecule has 158 valence electrons. The van der Waals surface area contributed by atoms with Crippen LogP contribution in [0.1, 0.15) is 36.9 Å². The van der Waals surface area contributed by atoms with Crippen molar-refractivity contribution in [1.29, 1.82) is 0 Å². The molecule has 2 atom stereocenters. The number of fused-ring (bicyclic) bond motifs is 1. The molecule has 1 aromatic heterocycles. The maximum atomic E-state index is 12.5. The molecule has 0 spiro atoms. The molecule has 1 saturated carbocycles. The van der Waals surface area contributed by atoms with Crippen molar-refractivity contribution in [2.45, 2.75) is 45.4 Å². The first-order chi connectivity index (χ1) is 13.7. The van der Waals surface area contributed by atoms with E-state index in [1.54, 1.807) is 6.92 Å². The number of aliphatic carboxylic acids is 1. The number of halogens is 3. The highest BCUT2D eigenvalue weighted by Gasteiger charge is 2.32. The third kappa shape index (κ3) is 5.02. The van der Waals surface area contributed by atoms with Crippen LogP contribution in [0.5, 0.6) is 5.75 Å². The van der Waals surface area contributed by atoms with Crippen LogP contribution in [0.4, 0.5) is 13.2 Å². The zero-order valence-corrected chi connectivity index (χ0v) is 15.9. The summed E-state index contributed by atoms with van der Waals surface area (Å²) in [6, 6.07) is 4.06. The lowest BCUT2D eigenvalue weighted by atomic mass is 9.78. The number of nitrogens with one attached hydrogen (secondary N) is 2. The third-order valence-electron chi connectivity index (χ3n) is 5.40. The van der Waals surface area contributed by atoms with Gasteiger partial charge >= 0.3 is 6.36 Å². The van der Waals surface area contributed by atoms with Crippen LogP contribution in [0, 0.1) is 18.8 Å². The number of hydrogen-bond acceptors (Lipinski definition) is 4. The van der Waals surface area contributed by atoms with Gasteiger partial charge < -0.3 is 24.9 Å². The van der Waals surface area contributed by atoms with E-state index in [-0.39, 0.29) is 18.2 Å². The van der Waals surface area contributed by atoms with Gasteiger partial charge in [-0.1, -0.05) is 12.8 Å². The summed E-state index contributed by atoms with van der Waals surface area (Å²) in [6.45, 7) is 2.04. The molecule has 1 amide bonds. The minimum absolute atomic E-state index is 0.243. The summed E-state index contributed by atoms with van der Waals surface area (Å²) in [4.78, 5) is 26.8. The summed E-state index contributed by atoms with van der Waals surface area (Å²) < 4.78 is 41.4. The molecule has 1 aliphatic rings. The number of aryl methyl sites for hydroxylation is 1. The Morgan fingerprint density at radius 3 is 2.59 bits per heavy atom. The highest BCUT2D eigenvalue weighted by molar-refractivity contribution is 5.86. The molecule has 9 heteroatoms. The fourth-order valence-corrected chi connectivity index (χ4v) is 4.05. The van der Waals surface area contributed by atoms with Crippen molar-refractivity contribution in [3.63, 3.8) is 0 Å². The number of benzene rings is 1. The molecule has 2 aromatic rings. The van der Waals surface area contributed by atoms with E-state index in [9.17, 15) is 27.9 Å². The van der Waals surface area contributed by atoms with Gasteiger partial charge in [-0.2, -0.15) is 0 Å². The number of rotatable bonds is 6. The Hall–Kier alpha value is -2.71. The number of hydrogen-bond donors (Lipinski definition) is 2. The highest BCUT2D eigenvalue weighted by atomic mass is 19.4. The van der Waals surface area contributed by atoms with E-state index >= 15 is 0 Å². The standard InChI is InChI=1S/C20H23F3N2O4/c1-11-13(16-10-12(29-20(21,22)23)6-7-17(16)25-11)8-9-24-18(26)14-4-2-3-5-15(14)19(27)28/h6-7,10,14-15,25H,2-5,8-9H2,1H3,(H,24,26)(H,27,28)/p-1/t14-,15+/m0/s1. The number of carbonyl (C=O) groups is 2. The predicted octanol–water partition coefficient (Wildman–Crippen LogP) is 2.59. The van der Waals surface area contributed by atoms with Gasteiger partial charge in [-0.15, -0.1) is 13.2 Å². The van der Waals surface area contributed by atoms with Gasteiger partial charge in [0, 0.05) is 40.9 Å². The molecule has 0 aliphatic heterocycles. The van der Waals surface area contributed by atoms with Crippen molar-refractivity contribution in [3.05, 3.63) is 29.5 Å². The molecule has 0 radical (unpaired) electrons. The first-order valence-electron chi connectivity index (χ1n) is 9.51. The maximum Gasteiger partial charge on any atom is 0.573 e. The first-order valence-corrected chi connectivity index (χ1v) is 9.51. The zero-order chi connectivity index (χ0) is 21.2. The average molecular weight is 411 g/mol. The Bertz CT molecular complexity index is 907. The Morgan fingerprint density at radius 2 is 1.93 bits per heavy atom. The number of ether oxygens (including phenoxy) is 1. The van der Waals surface area contributed by atoms with Crippen molar-refractivity contribution in [1.82, 2.24) is 10.3 Å². The van der Waals surface area contributed by atoms with Crippen LogP contribution < -0.4 is 15.2 Å². The molecular formula is C20H22F3N2O4-. The minimum atomic E-state index is -4.78. The summed E-state index contributed by atoms with van der Waals surface area (Å²) >= 11 is 0. The van der Waals surface area contributed by atoms with E-state index < -0.39 is 24.2 Å². The summed E-state index contributed by atoms with van der Waals surface area (Å²) in [7, 11) is 0. The van der Waals surface area contributed by atoms with Gasteiger partial charge in [-0.05, 0) is 49.9 Å². The van der Waals surface area contributed by atoms with Gasteiger partial charge in [0.05, 0.1) is 0 Å². The number of aromatic nitrogens is 1.